The van der Waals surface area contributed by atoms with Gasteiger partial charge in [0.05, 0.1) is 16.9 Å². The molecule has 0 aromatic carbocycles. The van der Waals surface area contributed by atoms with Crippen LogP contribution in [0.2, 0.25) is 0 Å². The van der Waals surface area contributed by atoms with Crippen molar-refractivity contribution in [2.75, 3.05) is 17.8 Å². The topological polar surface area (TPSA) is 77.5 Å². The number of hydrogen-bond acceptors (Lipinski definition) is 5. The van der Waals surface area contributed by atoms with Crippen LogP contribution in [0.4, 0.5) is 0 Å². The molecule has 0 radical (unpaired) electrons. The molecule has 0 saturated heterocycles. The Morgan fingerprint density at radius 2 is 1.68 bits per heavy atom. The van der Waals surface area contributed by atoms with Gasteiger partial charge < -0.3 is 0 Å². The first kappa shape index (κ1) is 23.9. The lowest BCUT2D eigenvalue weighted by atomic mass is 9.70. The first-order valence-corrected chi connectivity index (χ1v) is 13.7. The van der Waals surface area contributed by atoms with E-state index in [1.807, 2.05) is 55.4 Å². The molecule has 2 fully saturated rings. The predicted molar refractivity (Wildman–Crippen MR) is 116 cm³/mol. The van der Waals surface area contributed by atoms with E-state index >= 15 is 0 Å². The maximum atomic E-state index is 13.2. The molecule has 0 aromatic heterocycles. The van der Waals surface area contributed by atoms with Crippen LogP contribution in [0.15, 0.2) is 0 Å². The summed E-state index contributed by atoms with van der Waals surface area (Å²) in [5, 5.41) is 0. The number of hydrogen-bond donors (Lipinski definition) is 0. The van der Waals surface area contributed by atoms with E-state index in [9.17, 15) is 18.0 Å². The molecule has 0 heterocycles. The van der Waals surface area contributed by atoms with Crippen molar-refractivity contribution in [2.24, 2.45) is 22.2 Å². The van der Waals surface area contributed by atoms with E-state index < -0.39 is 36.0 Å². The number of fused-ring (bicyclic) bond motifs is 2. The van der Waals surface area contributed by atoms with Crippen molar-refractivity contribution in [3.05, 3.63) is 0 Å². The third-order valence-electron chi connectivity index (χ3n) is 7.35. The van der Waals surface area contributed by atoms with E-state index in [4.69, 9.17) is 3.63 Å². The van der Waals surface area contributed by atoms with E-state index in [0.717, 1.165) is 6.42 Å². The molecule has 2 rings (SSSR count). The number of carbonyl (C=O) groups is 2. The van der Waals surface area contributed by atoms with Gasteiger partial charge in [0.15, 0.2) is 0 Å². The van der Waals surface area contributed by atoms with Crippen LogP contribution in [-0.4, -0.2) is 42.5 Å². The lowest BCUT2D eigenvalue weighted by Crippen LogP contribution is -2.44. The molecule has 0 N–H and O–H groups in total. The fourth-order valence-corrected chi connectivity index (χ4v) is 10.2. The summed E-state index contributed by atoms with van der Waals surface area (Å²) in [6.45, 7) is 15.3. The van der Waals surface area contributed by atoms with Gasteiger partial charge in [-0.05, 0) is 30.4 Å². The average molecular weight is 435 g/mol. The summed E-state index contributed by atoms with van der Waals surface area (Å²) in [7, 11) is -6.24. The van der Waals surface area contributed by atoms with E-state index in [1.54, 1.807) is 6.26 Å². The van der Waals surface area contributed by atoms with Crippen LogP contribution < -0.4 is 0 Å². The van der Waals surface area contributed by atoms with Crippen LogP contribution >= 0.6 is 10.3 Å². The highest BCUT2D eigenvalue weighted by molar-refractivity contribution is 8.33. The maximum Gasteiger partial charge on any atom is 0.277 e. The molecule has 2 aliphatic rings. The number of ketones is 2. The van der Waals surface area contributed by atoms with E-state index in [-0.39, 0.29) is 34.4 Å². The molecular weight excluding hydrogens is 396 g/mol. The van der Waals surface area contributed by atoms with Crippen LogP contribution in [0.3, 0.4) is 0 Å². The van der Waals surface area contributed by atoms with Gasteiger partial charge in [-0.2, -0.15) is 8.42 Å². The summed E-state index contributed by atoms with van der Waals surface area (Å²) < 4.78 is 31.9. The first-order valence-electron chi connectivity index (χ1n) is 10.0. The van der Waals surface area contributed by atoms with Gasteiger partial charge in [0.1, 0.15) is 11.6 Å². The molecule has 2 saturated carbocycles. The largest absolute Gasteiger partial charge is 0.299 e. The van der Waals surface area contributed by atoms with Crippen LogP contribution in [0.5, 0.6) is 0 Å². The van der Waals surface area contributed by atoms with Gasteiger partial charge >= 0.3 is 0 Å². The minimum atomic E-state index is -3.98. The van der Waals surface area contributed by atoms with Crippen molar-refractivity contribution < 1.29 is 21.6 Å². The van der Waals surface area contributed by atoms with Crippen LogP contribution in [0.1, 0.15) is 74.7 Å². The zero-order valence-corrected chi connectivity index (χ0v) is 20.6. The summed E-state index contributed by atoms with van der Waals surface area (Å²) in [4.78, 5) is 25.5. The highest BCUT2D eigenvalue weighted by Crippen LogP contribution is 2.65. The minimum absolute atomic E-state index is 0.00788. The van der Waals surface area contributed by atoms with Crippen LogP contribution in [0.25, 0.3) is 0 Å². The summed E-state index contributed by atoms with van der Waals surface area (Å²) in [5.74, 6) is 0.112. The Labute approximate surface area is 173 Å². The maximum absolute atomic E-state index is 13.2. The smallest absolute Gasteiger partial charge is 0.277 e. The van der Waals surface area contributed by atoms with Gasteiger partial charge in [-0.15, -0.1) is 10.3 Å². The van der Waals surface area contributed by atoms with Crippen LogP contribution in [0, 0.1) is 22.2 Å². The predicted octanol–water partition coefficient (Wildman–Crippen LogP) is 4.49. The molecular formula is C21H38O5S2. The monoisotopic (exact) mass is 434 g/mol. The second-order valence-corrected chi connectivity index (χ2v) is 16.8. The van der Waals surface area contributed by atoms with E-state index in [1.165, 1.54) is 0 Å². The molecule has 0 amide bonds. The van der Waals surface area contributed by atoms with Gasteiger partial charge in [0.25, 0.3) is 10.1 Å². The Morgan fingerprint density at radius 1 is 1.14 bits per heavy atom. The third-order valence-corrected chi connectivity index (χ3v) is 13.6. The van der Waals surface area contributed by atoms with Crippen molar-refractivity contribution in [1.29, 1.82) is 0 Å². The van der Waals surface area contributed by atoms with Crippen molar-refractivity contribution in [3.8, 4) is 0 Å². The van der Waals surface area contributed by atoms with Crippen molar-refractivity contribution in [3.63, 3.8) is 0 Å². The molecule has 164 valence electrons. The van der Waals surface area contributed by atoms with Gasteiger partial charge in [-0.3, -0.25) is 9.59 Å². The highest BCUT2D eigenvalue weighted by atomic mass is 32.3. The summed E-state index contributed by atoms with van der Waals surface area (Å²) in [6, 6.07) is 0. The van der Waals surface area contributed by atoms with Crippen LogP contribution in [-0.2, 0) is 23.3 Å². The molecule has 2 bridgehead atoms. The Kier molecular flexibility index (Phi) is 5.81. The lowest BCUT2D eigenvalue weighted by molar-refractivity contribution is -0.128. The molecule has 0 spiro atoms. The fraction of sp³-hybridized carbons (Fsp3) is 0.905. The molecule has 2 aliphatic carbocycles. The SMILES string of the molecule is CC(C)(C)C(=O)CS(C)(OS(=O)(=O)CC12CCC(CC1=O)C2(C)C)C(C)(C)C. The molecule has 5 nitrogen and oxygen atoms in total. The lowest BCUT2D eigenvalue weighted by Gasteiger charge is -2.47. The van der Waals surface area contributed by atoms with Crippen molar-refractivity contribution in [1.82, 2.24) is 0 Å². The van der Waals surface area contributed by atoms with Gasteiger partial charge in [-0.25, -0.2) is 3.63 Å². The summed E-state index contributed by atoms with van der Waals surface area (Å²) in [6.07, 6.45) is 3.74. The Balaban J connectivity index is 2.34. The second-order valence-electron chi connectivity index (χ2n) is 11.4. The second kappa shape index (κ2) is 6.81. The first-order chi connectivity index (χ1) is 12.3. The van der Waals surface area contributed by atoms with Crippen molar-refractivity contribution >= 4 is 32.0 Å². The average Bonchev–Trinajstić information content (AvgIpc) is 2.77. The minimum Gasteiger partial charge on any atom is -0.299 e. The third kappa shape index (κ3) is 3.95. The molecule has 0 aromatic rings. The quantitative estimate of drug-likeness (QED) is 0.615. The Bertz CT molecular complexity index is 770. The van der Waals surface area contributed by atoms with Gasteiger partial charge in [0.2, 0.25) is 0 Å². The Hall–Kier alpha value is -0.400. The molecule has 3 unspecified atom stereocenters. The van der Waals surface area contributed by atoms with Gasteiger partial charge in [0, 0.05) is 16.6 Å². The van der Waals surface area contributed by atoms with Gasteiger partial charge in [-0.1, -0.05) is 55.4 Å². The number of rotatable bonds is 6. The normalized spacial score (nSPS) is 30.9. The number of Topliss-reactive ketones (excluding diaryl/α,β-unsaturated/α-hetero) is 2. The standard InChI is InChI=1S/C21H38O5S2/c1-18(2,3)17(23)13-27(9,19(4,5)6)26-28(24,25)14-21-11-10-15(12-16(21)22)20(21,7)8/h15H,10-14H2,1-9H3. The molecule has 3 atom stereocenters. The van der Waals surface area contributed by atoms with Crippen molar-refractivity contribution in [2.45, 2.75) is 79.4 Å². The fourth-order valence-electron chi connectivity index (χ4n) is 4.47. The Morgan fingerprint density at radius 3 is 2.04 bits per heavy atom. The summed E-state index contributed by atoms with van der Waals surface area (Å²) >= 11 is 0. The molecule has 0 aliphatic heterocycles. The zero-order chi connectivity index (χ0) is 22.0. The molecule has 28 heavy (non-hydrogen) atoms. The zero-order valence-electron chi connectivity index (χ0n) is 19.0. The summed E-state index contributed by atoms with van der Waals surface area (Å²) in [5.41, 5.74) is -1.76. The van der Waals surface area contributed by atoms with E-state index in [2.05, 4.69) is 0 Å². The highest BCUT2D eigenvalue weighted by Gasteiger charge is 2.65. The molecule has 7 heteroatoms. The van der Waals surface area contributed by atoms with E-state index in [0.29, 0.717) is 12.8 Å². The number of carbonyl (C=O) groups excluding carboxylic acids is 2.